The van der Waals surface area contributed by atoms with E-state index in [1.165, 1.54) is 5.56 Å². The maximum atomic E-state index is 6.24. The average molecular weight is 280 g/mol. The van der Waals surface area contributed by atoms with Crippen LogP contribution in [-0.4, -0.2) is 13.2 Å². The highest BCUT2D eigenvalue weighted by Gasteiger charge is 2.21. The molecule has 1 aromatic carbocycles. The lowest BCUT2D eigenvalue weighted by atomic mass is 9.98. The predicted molar refractivity (Wildman–Crippen MR) is 80.5 cm³/mol. The second-order valence-electron chi connectivity index (χ2n) is 4.94. The van der Waals surface area contributed by atoms with Gasteiger partial charge in [-0.1, -0.05) is 30.7 Å². The van der Waals surface area contributed by atoms with Crippen molar-refractivity contribution in [3.05, 3.63) is 46.2 Å². The minimum absolute atomic E-state index is 0.124. The van der Waals surface area contributed by atoms with Crippen molar-refractivity contribution in [2.45, 2.75) is 39.2 Å². The molecule has 2 nitrogen and oxygen atoms in total. The Morgan fingerprint density at radius 2 is 2.26 bits per heavy atom. The number of benzene rings is 1. The Morgan fingerprint density at radius 3 is 2.95 bits per heavy atom. The first-order valence-corrected chi connectivity index (χ1v) is 7.43. The van der Waals surface area contributed by atoms with E-state index < -0.39 is 0 Å². The zero-order valence-electron chi connectivity index (χ0n) is 11.7. The van der Waals surface area contributed by atoms with E-state index in [1.807, 2.05) is 12.1 Å². The van der Waals surface area contributed by atoms with E-state index in [2.05, 4.69) is 31.3 Å². The number of ether oxygens (including phenoxy) is 1. The molecule has 0 aromatic heterocycles. The van der Waals surface area contributed by atoms with Gasteiger partial charge in [0.1, 0.15) is 5.76 Å². The van der Waals surface area contributed by atoms with Crippen LogP contribution >= 0.6 is 11.6 Å². The van der Waals surface area contributed by atoms with Crippen LogP contribution in [0.5, 0.6) is 0 Å². The molecule has 0 radical (unpaired) electrons. The number of rotatable bonds is 5. The minimum Gasteiger partial charge on any atom is -0.496 e. The first-order valence-electron chi connectivity index (χ1n) is 7.05. The summed E-state index contributed by atoms with van der Waals surface area (Å²) in [5.74, 6) is 1.05. The molecule has 0 bridgehead atoms. The van der Waals surface area contributed by atoms with Crippen molar-refractivity contribution < 1.29 is 4.74 Å². The molecule has 2 rings (SSSR count). The molecule has 0 aliphatic carbocycles. The predicted octanol–water partition coefficient (Wildman–Crippen LogP) is 4.38. The molecule has 0 fully saturated rings. The van der Waals surface area contributed by atoms with Crippen molar-refractivity contribution in [2.24, 2.45) is 0 Å². The van der Waals surface area contributed by atoms with Gasteiger partial charge in [-0.2, -0.15) is 0 Å². The molecule has 1 aliphatic rings. The van der Waals surface area contributed by atoms with Crippen LogP contribution in [0, 0.1) is 6.92 Å². The summed E-state index contributed by atoms with van der Waals surface area (Å²) >= 11 is 6.24. The van der Waals surface area contributed by atoms with Gasteiger partial charge in [0.2, 0.25) is 0 Å². The Balaban J connectivity index is 2.30. The van der Waals surface area contributed by atoms with Crippen LogP contribution in [0.1, 0.15) is 43.4 Å². The van der Waals surface area contributed by atoms with E-state index in [0.717, 1.165) is 48.8 Å². The van der Waals surface area contributed by atoms with Crippen LogP contribution in [0.3, 0.4) is 0 Å². The topological polar surface area (TPSA) is 21.3 Å². The van der Waals surface area contributed by atoms with Crippen LogP contribution in [0.2, 0.25) is 5.02 Å². The number of hydrogen-bond donors (Lipinski definition) is 1. The molecule has 1 aliphatic heterocycles. The van der Waals surface area contributed by atoms with Crippen LogP contribution in [0.4, 0.5) is 0 Å². The van der Waals surface area contributed by atoms with Gasteiger partial charge >= 0.3 is 0 Å². The van der Waals surface area contributed by atoms with Crippen LogP contribution < -0.4 is 5.32 Å². The number of nitrogens with one attached hydrogen (secondary N) is 1. The lowest BCUT2D eigenvalue weighted by Gasteiger charge is -2.26. The lowest BCUT2D eigenvalue weighted by molar-refractivity contribution is 0.167. The summed E-state index contributed by atoms with van der Waals surface area (Å²) in [6, 6.07) is 6.20. The Morgan fingerprint density at radius 1 is 1.42 bits per heavy atom. The average Bonchev–Trinajstić information content (AvgIpc) is 2.45. The zero-order valence-corrected chi connectivity index (χ0v) is 12.5. The Bertz CT molecular complexity index is 456. The summed E-state index contributed by atoms with van der Waals surface area (Å²) in [7, 11) is 0. The third kappa shape index (κ3) is 3.52. The summed E-state index contributed by atoms with van der Waals surface area (Å²) in [6.45, 7) is 6.03. The van der Waals surface area contributed by atoms with E-state index in [4.69, 9.17) is 16.3 Å². The van der Waals surface area contributed by atoms with E-state index in [1.54, 1.807) is 0 Å². The van der Waals surface area contributed by atoms with Gasteiger partial charge in [-0.25, -0.2) is 0 Å². The highest BCUT2D eigenvalue weighted by molar-refractivity contribution is 6.31. The van der Waals surface area contributed by atoms with Crippen molar-refractivity contribution in [1.82, 2.24) is 5.32 Å². The van der Waals surface area contributed by atoms with Crippen LogP contribution in [0.15, 0.2) is 30.0 Å². The van der Waals surface area contributed by atoms with Gasteiger partial charge in [0.25, 0.3) is 0 Å². The molecule has 1 aromatic rings. The van der Waals surface area contributed by atoms with E-state index in [0.29, 0.717) is 0 Å². The molecule has 1 N–H and O–H groups in total. The molecule has 0 saturated carbocycles. The molecule has 0 saturated heterocycles. The molecule has 1 heterocycles. The van der Waals surface area contributed by atoms with Crippen molar-refractivity contribution in [3.8, 4) is 0 Å². The van der Waals surface area contributed by atoms with Crippen molar-refractivity contribution in [1.29, 1.82) is 0 Å². The van der Waals surface area contributed by atoms with Crippen molar-refractivity contribution in [2.75, 3.05) is 13.2 Å². The quantitative estimate of drug-likeness (QED) is 0.863. The van der Waals surface area contributed by atoms with Crippen LogP contribution in [-0.2, 0) is 4.74 Å². The number of hydrogen-bond acceptors (Lipinski definition) is 2. The molecular weight excluding hydrogens is 258 g/mol. The highest BCUT2D eigenvalue weighted by atomic mass is 35.5. The molecule has 0 amide bonds. The highest BCUT2D eigenvalue weighted by Crippen LogP contribution is 2.31. The van der Waals surface area contributed by atoms with Crippen LogP contribution in [0.25, 0.3) is 0 Å². The monoisotopic (exact) mass is 279 g/mol. The Labute approximate surface area is 120 Å². The van der Waals surface area contributed by atoms with Gasteiger partial charge in [0.15, 0.2) is 0 Å². The standard InChI is InChI=1S/C16H22ClNO/c1-3-10-18-16(15-9-4-5-11-19-15)13-7-6-8-14(17)12(13)2/h6-9,16,18H,3-5,10-11H2,1-2H3. The van der Waals surface area contributed by atoms with Gasteiger partial charge < -0.3 is 10.1 Å². The Kier molecular flexibility index (Phi) is 5.29. The second-order valence-corrected chi connectivity index (χ2v) is 5.35. The summed E-state index contributed by atoms with van der Waals surface area (Å²) in [5, 5.41) is 4.39. The summed E-state index contributed by atoms with van der Waals surface area (Å²) in [6.07, 6.45) is 5.51. The molecule has 0 spiro atoms. The fraction of sp³-hybridized carbons (Fsp3) is 0.500. The molecule has 104 valence electrons. The third-order valence-corrected chi connectivity index (χ3v) is 3.88. The molecule has 19 heavy (non-hydrogen) atoms. The Hall–Kier alpha value is -0.990. The number of halogens is 1. The summed E-state index contributed by atoms with van der Waals surface area (Å²) in [5.41, 5.74) is 2.35. The number of allylic oxidation sites excluding steroid dienone is 1. The van der Waals surface area contributed by atoms with Crippen molar-refractivity contribution >= 4 is 11.6 Å². The molecule has 3 heteroatoms. The normalized spacial score (nSPS) is 16.7. The fourth-order valence-corrected chi connectivity index (χ4v) is 2.55. The lowest BCUT2D eigenvalue weighted by Crippen LogP contribution is -2.27. The maximum Gasteiger partial charge on any atom is 0.113 e. The van der Waals surface area contributed by atoms with Gasteiger partial charge in [-0.3, -0.25) is 0 Å². The fourth-order valence-electron chi connectivity index (χ4n) is 2.37. The SMILES string of the molecule is CCCNC(C1=CCCCO1)c1cccc(Cl)c1C. The zero-order chi connectivity index (χ0) is 13.7. The minimum atomic E-state index is 0.124. The molecule has 1 unspecified atom stereocenters. The van der Waals surface area contributed by atoms with Gasteiger partial charge in [0, 0.05) is 5.02 Å². The van der Waals surface area contributed by atoms with E-state index >= 15 is 0 Å². The summed E-state index contributed by atoms with van der Waals surface area (Å²) in [4.78, 5) is 0. The third-order valence-electron chi connectivity index (χ3n) is 3.47. The van der Waals surface area contributed by atoms with E-state index in [-0.39, 0.29) is 6.04 Å². The first-order chi connectivity index (χ1) is 9.24. The molecule has 1 atom stereocenters. The largest absolute Gasteiger partial charge is 0.496 e. The second kappa shape index (κ2) is 6.97. The van der Waals surface area contributed by atoms with E-state index in [9.17, 15) is 0 Å². The van der Waals surface area contributed by atoms with Gasteiger partial charge in [0.05, 0.1) is 12.6 Å². The summed E-state index contributed by atoms with van der Waals surface area (Å²) < 4.78 is 5.84. The smallest absolute Gasteiger partial charge is 0.113 e. The van der Waals surface area contributed by atoms with Gasteiger partial charge in [-0.05, 0) is 56.0 Å². The first kappa shape index (κ1) is 14.4. The van der Waals surface area contributed by atoms with Crippen molar-refractivity contribution in [3.63, 3.8) is 0 Å². The maximum absolute atomic E-state index is 6.24. The van der Waals surface area contributed by atoms with Gasteiger partial charge in [-0.15, -0.1) is 0 Å². The molecular formula is C16H22ClNO.